The third-order valence-electron chi connectivity index (χ3n) is 2.77. The van der Waals surface area contributed by atoms with Gasteiger partial charge in [0.1, 0.15) is 11.5 Å². The average molecular weight is 287 g/mol. The molecule has 6 nitrogen and oxygen atoms in total. The minimum Gasteiger partial charge on any atom is -0.378 e. The average Bonchev–Trinajstić information content (AvgIpc) is 2.33. The Kier molecular flexibility index (Phi) is 4.59. The van der Waals surface area contributed by atoms with Crippen LogP contribution in [0.4, 0.5) is 20.2 Å². The first-order valence-corrected chi connectivity index (χ1v) is 5.78. The van der Waals surface area contributed by atoms with Crippen molar-refractivity contribution in [2.45, 2.75) is 13.8 Å². The van der Waals surface area contributed by atoms with Crippen LogP contribution in [0.25, 0.3) is 0 Å². The number of rotatable bonds is 5. The molecule has 0 unspecified atom stereocenters. The Bertz CT molecular complexity index is 547. The summed E-state index contributed by atoms with van der Waals surface area (Å²) in [6.45, 7) is 3.18. The molecule has 110 valence electrons. The topological polar surface area (TPSA) is 84.3 Å². The molecule has 1 aromatic carbocycles. The lowest BCUT2D eigenvalue weighted by molar-refractivity contribution is -0.386. The van der Waals surface area contributed by atoms with Crippen molar-refractivity contribution < 1.29 is 18.5 Å². The third kappa shape index (κ3) is 3.40. The lowest BCUT2D eigenvalue weighted by atomic mass is 9.92. The fourth-order valence-corrected chi connectivity index (χ4v) is 1.62. The van der Waals surface area contributed by atoms with E-state index in [0.717, 1.165) is 6.07 Å². The number of halogens is 2. The van der Waals surface area contributed by atoms with Gasteiger partial charge in [-0.15, -0.1) is 0 Å². The standard InChI is InChI=1S/C12H15F2N3O3/c1-12(2,11(18)15-3)6-16-9-5-7(13)4-8(14)10(9)17(19)20/h4-5,16H,6H2,1-3H3,(H,15,18). The molecular weight excluding hydrogens is 272 g/mol. The predicted octanol–water partition coefficient (Wildman–Crippen LogP) is 2.06. The lowest BCUT2D eigenvalue weighted by Gasteiger charge is -2.23. The van der Waals surface area contributed by atoms with Crippen molar-refractivity contribution in [3.05, 3.63) is 33.9 Å². The molecule has 0 heterocycles. The molecule has 0 spiro atoms. The van der Waals surface area contributed by atoms with E-state index in [1.54, 1.807) is 13.8 Å². The van der Waals surface area contributed by atoms with Gasteiger partial charge in [0.2, 0.25) is 11.7 Å². The molecule has 0 aliphatic rings. The molecule has 0 saturated heterocycles. The van der Waals surface area contributed by atoms with E-state index in [1.807, 2.05) is 0 Å². The monoisotopic (exact) mass is 287 g/mol. The number of nitro groups is 1. The second kappa shape index (κ2) is 5.81. The maximum Gasteiger partial charge on any atom is 0.327 e. The van der Waals surface area contributed by atoms with Gasteiger partial charge in [0.25, 0.3) is 0 Å². The molecule has 1 rings (SSSR count). The van der Waals surface area contributed by atoms with E-state index >= 15 is 0 Å². The van der Waals surface area contributed by atoms with Gasteiger partial charge < -0.3 is 10.6 Å². The number of carbonyl (C=O) groups excluding carboxylic acids is 1. The number of nitrogens with one attached hydrogen (secondary N) is 2. The SMILES string of the molecule is CNC(=O)C(C)(C)CNc1cc(F)cc(F)c1[N+](=O)[O-]. The second-order valence-corrected chi connectivity index (χ2v) is 4.86. The molecule has 0 fully saturated rings. The number of nitrogens with zero attached hydrogens (tertiary/aromatic N) is 1. The van der Waals surface area contributed by atoms with Crippen LogP contribution in [0.2, 0.25) is 0 Å². The number of hydrogen-bond acceptors (Lipinski definition) is 4. The van der Waals surface area contributed by atoms with Crippen LogP contribution in [0.1, 0.15) is 13.8 Å². The fourth-order valence-electron chi connectivity index (χ4n) is 1.62. The summed E-state index contributed by atoms with van der Waals surface area (Å²) < 4.78 is 26.5. The van der Waals surface area contributed by atoms with Gasteiger partial charge >= 0.3 is 5.69 Å². The number of nitro benzene ring substituents is 1. The summed E-state index contributed by atoms with van der Waals surface area (Å²) in [5.41, 5.74) is -2.05. The molecule has 0 bridgehead atoms. The van der Waals surface area contributed by atoms with Crippen LogP contribution >= 0.6 is 0 Å². The van der Waals surface area contributed by atoms with Crippen molar-refractivity contribution in [1.29, 1.82) is 0 Å². The van der Waals surface area contributed by atoms with E-state index in [4.69, 9.17) is 0 Å². The predicted molar refractivity (Wildman–Crippen MR) is 69.3 cm³/mol. The highest BCUT2D eigenvalue weighted by molar-refractivity contribution is 5.82. The number of benzene rings is 1. The van der Waals surface area contributed by atoms with E-state index in [1.165, 1.54) is 7.05 Å². The molecule has 0 aliphatic carbocycles. The zero-order valence-corrected chi connectivity index (χ0v) is 11.3. The number of anilines is 1. The van der Waals surface area contributed by atoms with Crippen LogP contribution in [-0.2, 0) is 4.79 Å². The third-order valence-corrected chi connectivity index (χ3v) is 2.77. The molecule has 0 radical (unpaired) electrons. The summed E-state index contributed by atoms with van der Waals surface area (Å²) in [6, 6.07) is 1.26. The summed E-state index contributed by atoms with van der Waals surface area (Å²) in [5.74, 6) is -2.51. The summed E-state index contributed by atoms with van der Waals surface area (Å²) in [7, 11) is 1.45. The zero-order valence-electron chi connectivity index (χ0n) is 11.3. The molecule has 20 heavy (non-hydrogen) atoms. The molecule has 0 atom stereocenters. The highest BCUT2D eigenvalue weighted by Gasteiger charge is 2.28. The van der Waals surface area contributed by atoms with Gasteiger partial charge in [-0.25, -0.2) is 4.39 Å². The highest BCUT2D eigenvalue weighted by atomic mass is 19.1. The maximum atomic E-state index is 13.4. The minimum atomic E-state index is -1.27. The van der Waals surface area contributed by atoms with E-state index in [0.29, 0.717) is 6.07 Å². The van der Waals surface area contributed by atoms with Crippen molar-refractivity contribution in [2.24, 2.45) is 5.41 Å². The Labute approximate surface area is 114 Å². The summed E-state index contributed by atoms with van der Waals surface area (Å²) in [4.78, 5) is 21.4. The van der Waals surface area contributed by atoms with Crippen LogP contribution in [0, 0.1) is 27.2 Å². The lowest BCUT2D eigenvalue weighted by Crippen LogP contribution is -2.39. The first kappa shape index (κ1) is 15.8. The molecule has 0 aliphatic heterocycles. The van der Waals surface area contributed by atoms with Crippen molar-refractivity contribution in [3.63, 3.8) is 0 Å². The van der Waals surface area contributed by atoms with Crippen molar-refractivity contribution in [2.75, 3.05) is 18.9 Å². The van der Waals surface area contributed by atoms with Crippen molar-refractivity contribution in [1.82, 2.24) is 5.32 Å². The summed E-state index contributed by atoms with van der Waals surface area (Å²) >= 11 is 0. The first-order chi connectivity index (χ1) is 9.19. The minimum absolute atomic E-state index is 0.0175. The van der Waals surface area contributed by atoms with E-state index < -0.39 is 27.7 Å². The van der Waals surface area contributed by atoms with E-state index in [-0.39, 0.29) is 18.1 Å². The van der Waals surface area contributed by atoms with Gasteiger partial charge in [0, 0.05) is 25.7 Å². The van der Waals surface area contributed by atoms with Crippen molar-refractivity contribution >= 4 is 17.3 Å². The molecular formula is C12H15F2N3O3. The second-order valence-electron chi connectivity index (χ2n) is 4.86. The smallest absolute Gasteiger partial charge is 0.327 e. The van der Waals surface area contributed by atoms with E-state index in [9.17, 15) is 23.7 Å². The maximum absolute atomic E-state index is 13.4. The number of amides is 1. The zero-order chi connectivity index (χ0) is 15.5. The fraction of sp³-hybridized carbons (Fsp3) is 0.417. The van der Waals surface area contributed by atoms with Crippen LogP contribution in [0.5, 0.6) is 0 Å². The van der Waals surface area contributed by atoms with Crippen LogP contribution < -0.4 is 10.6 Å². The molecule has 1 aromatic rings. The Morgan fingerprint density at radius 1 is 1.40 bits per heavy atom. The van der Waals surface area contributed by atoms with Gasteiger partial charge in [-0.1, -0.05) is 0 Å². The first-order valence-electron chi connectivity index (χ1n) is 5.78. The quantitative estimate of drug-likeness (QED) is 0.641. The van der Waals surface area contributed by atoms with Crippen LogP contribution in [-0.4, -0.2) is 24.4 Å². The summed E-state index contributed by atoms with van der Waals surface area (Å²) in [5, 5.41) is 15.8. The van der Waals surface area contributed by atoms with Crippen LogP contribution in [0.3, 0.4) is 0 Å². The highest BCUT2D eigenvalue weighted by Crippen LogP contribution is 2.30. The Hall–Kier alpha value is -2.25. The van der Waals surface area contributed by atoms with Gasteiger partial charge in [-0.3, -0.25) is 14.9 Å². The van der Waals surface area contributed by atoms with Crippen LogP contribution in [0.15, 0.2) is 12.1 Å². The van der Waals surface area contributed by atoms with Gasteiger partial charge in [-0.05, 0) is 13.8 Å². The Balaban J connectivity index is 3.04. The molecule has 2 N–H and O–H groups in total. The van der Waals surface area contributed by atoms with Crippen molar-refractivity contribution in [3.8, 4) is 0 Å². The molecule has 0 aromatic heterocycles. The normalized spacial score (nSPS) is 11.1. The largest absolute Gasteiger partial charge is 0.378 e. The Morgan fingerprint density at radius 2 is 2.00 bits per heavy atom. The summed E-state index contributed by atoms with van der Waals surface area (Å²) in [6.07, 6.45) is 0. The van der Waals surface area contributed by atoms with Gasteiger partial charge in [-0.2, -0.15) is 4.39 Å². The van der Waals surface area contributed by atoms with E-state index in [2.05, 4.69) is 10.6 Å². The van der Waals surface area contributed by atoms with Gasteiger partial charge in [0.15, 0.2) is 0 Å². The Morgan fingerprint density at radius 3 is 2.50 bits per heavy atom. The molecule has 0 saturated carbocycles. The molecule has 8 heteroatoms. The number of carbonyl (C=O) groups is 1. The number of hydrogen-bond donors (Lipinski definition) is 2. The molecule has 1 amide bonds. The van der Waals surface area contributed by atoms with Gasteiger partial charge in [0.05, 0.1) is 10.3 Å².